The number of anilines is 1. The molecular weight excluding hydrogens is 494 g/mol. The molecule has 3 heterocycles. The predicted octanol–water partition coefficient (Wildman–Crippen LogP) is 4.74. The van der Waals surface area contributed by atoms with E-state index in [1.165, 1.54) is 12.1 Å². The van der Waals surface area contributed by atoms with Gasteiger partial charge in [0.2, 0.25) is 5.91 Å². The van der Waals surface area contributed by atoms with Crippen molar-refractivity contribution in [1.29, 1.82) is 0 Å². The van der Waals surface area contributed by atoms with Crippen LogP contribution in [-0.2, 0) is 4.79 Å². The highest BCUT2D eigenvalue weighted by Crippen LogP contribution is 2.37. The summed E-state index contributed by atoms with van der Waals surface area (Å²) in [6, 6.07) is 3.93. The van der Waals surface area contributed by atoms with Gasteiger partial charge in [-0.05, 0) is 58.0 Å². The van der Waals surface area contributed by atoms with Gasteiger partial charge in [0.25, 0.3) is 0 Å². The average molecular weight is 521 g/mol. The van der Waals surface area contributed by atoms with E-state index in [0.29, 0.717) is 11.6 Å². The van der Waals surface area contributed by atoms with Gasteiger partial charge in [0, 0.05) is 34.1 Å². The molecular formula is C24H27Cl2FN6O2. The number of nitrogens with one attached hydrogen (secondary N) is 2. The lowest BCUT2D eigenvalue weighted by Gasteiger charge is -2.22. The number of pyridine rings is 1. The van der Waals surface area contributed by atoms with E-state index in [9.17, 15) is 9.18 Å². The molecule has 1 fully saturated rings. The fourth-order valence-electron chi connectivity index (χ4n) is 3.94. The Morgan fingerprint density at radius 1 is 1.26 bits per heavy atom. The normalized spacial score (nSPS) is 16.1. The van der Waals surface area contributed by atoms with Gasteiger partial charge in [0.15, 0.2) is 11.6 Å². The van der Waals surface area contributed by atoms with Crippen molar-refractivity contribution < 1.29 is 13.9 Å². The molecule has 8 nitrogen and oxygen atoms in total. The summed E-state index contributed by atoms with van der Waals surface area (Å²) >= 11 is 12.5. The van der Waals surface area contributed by atoms with E-state index in [4.69, 9.17) is 33.7 Å². The second-order valence-electron chi connectivity index (χ2n) is 8.56. The predicted molar refractivity (Wildman–Crippen MR) is 134 cm³/mol. The molecule has 2 aromatic heterocycles. The third kappa shape index (κ3) is 5.75. The Morgan fingerprint density at radius 2 is 2.00 bits per heavy atom. The quantitative estimate of drug-likeness (QED) is 0.388. The molecule has 0 radical (unpaired) electrons. The standard InChI is InChI=1S/C24H27Cl2FN6O2/c1-13(28)24(34)32-23-20(35-14(2)21-18(25)3-4-19(27)22(21)26)9-15(10-30-23)16-11-31-33(12-16)17-5-7-29-8-6-17/h3-4,9-14,17,29H,5-8,28H2,1-2H3,(H,30,32,34)/t13-,14-/m1/s1. The first kappa shape index (κ1) is 25.4. The van der Waals surface area contributed by atoms with Gasteiger partial charge < -0.3 is 21.1 Å². The first-order valence-corrected chi connectivity index (χ1v) is 12.1. The highest BCUT2D eigenvalue weighted by Gasteiger charge is 2.22. The van der Waals surface area contributed by atoms with Crippen LogP contribution in [0.25, 0.3) is 11.1 Å². The van der Waals surface area contributed by atoms with E-state index in [2.05, 4.69) is 20.7 Å². The molecule has 1 aromatic carbocycles. The van der Waals surface area contributed by atoms with Crippen LogP contribution < -0.4 is 21.1 Å². The van der Waals surface area contributed by atoms with Crippen molar-refractivity contribution >= 4 is 34.9 Å². The van der Waals surface area contributed by atoms with Crippen LogP contribution in [0, 0.1) is 5.82 Å². The van der Waals surface area contributed by atoms with Gasteiger partial charge in [0.05, 0.1) is 23.3 Å². The summed E-state index contributed by atoms with van der Waals surface area (Å²) in [5.41, 5.74) is 7.58. The van der Waals surface area contributed by atoms with Gasteiger partial charge in [-0.1, -0.05) is 23.2 Å². The summed E-state index contributed by atoms with van der Waals surface area (Å²) in [5, 5.41) is 10.7. The SMILES string of the molecule is C[C@@H](N)C(=O)Nc1ncc(-c2cnn(C3CCNCC3)c2)cc1O[C@H](C)c1c(Cl)ccc(F)c1Cl. The van der Waals surface area contributed by atoms with E-state index in [1.54, 1.807) is 32.3 Å². The zero-order valence-corrected chi connectivity index (χ0v) is 20.9. The molecule has 0 spiro atoms. The molecule has 1 aliphatic rings. The van der Waals surface area contributed by atoms with E-state index in [0.717, 1.165) is 37.1 Å². The zero-order valence-electron chi connectivity index (χ0n) is 19.4. The van der Waals surface area contributed by atoms with Crippen molar-refractivity contribution in [3.8, 4) is 16.9 Å². The monoisotopic (exact) mass is 520 g/mol. The third-order valence-electron chi connectivity index (χ3n) is 5.92. The molecule has 35 heavy (non-hydrogen) atoms. The lowest BCUT2D eigenvalue weighted by molar-refractivity contribution is -0.117. The number of aromatic nitrogens is 3. The van der Waals surface area contributed by atoms with Gasteiger partial charge in [-0.15, -0.1) is 0 Å². The summed E-state index contributed by atoms with van der Waals surface area (Å²) in [4.78, 5) is 16.7. The zero-order chi connectivity index (χ0) is 25.1. The Morgan fingerprint density at radius 3 is 2.71 bits per heavy atom. The summed E-state index contributed by atoms with van der Waals surface area (Å²) in [6.07, 6.45) is 6.63. The number of nitrogens with zero attached hydrogens (tertiary/aromatic N) is 3. The summed E-state index contributed by atoms with van der Waals surface area (Å²) < 4.78 is 22.2. The second-order valence-corrected chi connectivity index (χ2v) is 9.34. The molecule has 0 unspecified atom stereocenters. The molecule has 0 saturated carbocycles. The van der Waals surface area contributed by atoms with Crippen molar-refractivity contribution in [3.05, 3.63) is 58.2 Å². The van der Waals surface area contributed by atoms with Crippen molar-refractivity contribution in [1.82, 2.24) is 20.1 Å². The minimum Gasteiger partial charge on any atom is -0.482 e. The number of carbonyl (C=O) groups excluding carboxylic acids is 1. The number of carbonyl (C=O) groups is 1. The minimum atomic E-state index is -0.753. The molecule has 4 rings (SSSR count). The molecule has 11 heteroatoms. The number of piperidine rings is 1. The van der Waals surface area contributed by atoms with Crippen LogP contribution in [0.4, 0.5) is 10.2 Å². The van der Waals surface area contributed by atoms with Crippen LogP contribution in [0.5, 0.6) is 5.75 Å². The number of halogens is 3. The highest BCUT2D eigenvalue weighted by molar-refractivity contribution is 6.36. The van der Waals surface area contributed by atoms with Crippen LogP contribution in [0.1, 0.15) is 44.4 Å². The Labute approximate surface area is 213 Å². The van der Waals surface area contributed by atoms with Gasteiger partial charge in [-0.3, -0.25) is 9.48 Å². The fraction of sp³-hybridized carbons (Fsp3) is 0.375. The number of nitrogens with two attached hydrogens (primary N) is 1. The smallest absolute Gasteiger partial charge is 0.242 e. The van der Waals surface area contributed by atoms with E-state index < -0.39 is 23.9 Å². The molecule has 0 aliphatic carbocycles. The van der Waals surface area contributed by atoms with E-state index in [1.807, 2.05) is 10.9 Å². The topological polar surface area (TPSA) is 107 Å². The van der Waals surface area contributed by atoms with Crippen molar-refractivity contribution in [2.75, 3.05) is 18.4 Å². The number of hydrogen-bond donors (Lipinski definition) is 3. The molecule has 0 bridgehead atoms. The number of amides is 1. The lowest BCUT2D eigenvalue weighted by atomic mass is 10.1. The Bertz CT molecular complexity index is 1210. The summed E-state index contributed by atoms with van der Waals surface area (Å²) in [5.74, 6) is -0.597. The van der Waals surface area contributed by atoms with Crippen LogP contribution in [0.15, 0.2) is 36.8 Å². The molecule has 4 N–H and O–H groups in total. The van der Waals surface area contributed by atoms with Crippen molar-refractivity contribution in [2.45, 2.75) is 44.9 Å². The van der Waals surface area contributed by atoms with Crippen molar-refractivity contribution in [2.24, 2.45) is 5.73 Å². The van der Waals surface area contributed by atoms with Crippen molar-refractivity contribution in [3.63, 3.8) is 0 Å². The van der Waals surface area contributed by atoms with Gasteiger partial charge in [-0.25, -0.2) is 9.37 Å². The summed E-state index contributed by atoms with van der Waals surface area (Å²) in [7, 11) is 0. The second kappa shape index (κ2) is 10.9. The highest BCUT2D eigenvalue weighted by atomic mass is 35.5. The first-order valence-electron chi connectivity index (χ1n) is 11.4. The Hall–Kier alpha value is -2.72. The molecule has 1 saturated heterocycles. The van der Waals surface area contributed by atoms with Gasteiger partial charge >= 0.3 is 0 Å². The Balaban J connectivity index is 1.67. The molecule has 3 aromatic rings. The number of rotatable bonds is 7. The minimum absolute atomic E-state index is 0.126. The molecule has 186 valence electrons. The fourth-order valence-corrected chi connectivity index (χ4v) is 4.62. The number of benzene rings is 1. The van der Waals surface area contributed by atoms with Crippen LogP contribution in [0.2, 0.25) is 10.0 Å². The lowest BCUT2D eigenvalue weighted by Crippen LogP contribution is -2.33. The van der Waals surface area contributed by atoms with Gasteiger partial charge in [-0.2, -0.15) is 5.10 Å². The molecule has 1 aliphatic heterocycles. The molecule has 2 atom stereocenters. The maximum absolute atomic E-state index is 14.1. The summed E-state index contributed by atoms with van der Waals surface area (Å²) in [6.45, 7) is 5.16. The Kier molecular flexibility index (Phi) is 7.91. The average Bonchev–Trinajstić information content (AvgIpc) is 3.33. The maximum atomic E-state index is 14.1. The first-order chi connectivity index (χ1) is 16.7. The number of hydrogen-bond acceptors (Lipinski definition) is 6. The van der Waals surface area contributed by atoms with E-state index in [-0.39, 0.29) is 21.6 Å². The van der Waals surface area contributed by atoms with E-state index >= 15 is 0 Å². The maximum Gasteiger partial charge on any atom is 0.242 e. The largest absolute Gasteiger partial charge is 0.482 e. The molecule has 1 amide bonds. The van der Waals surface area contributed by atoms with Crippen LogP contribution in [-0.4, -0.2) is 39.8 Å². The van der Waals surface area contributed by atoms with Crippen LogP contribution in [0.3, 0.4) is 0 Å². The van der Waals surface area contributed by atoms with Crippen LogP contribution >= 0.6 is 23.2 Å². The van der Waals surface area contributed by atoms with Gasteiger partial charge in [0.1, 0.15) is 11.9 Å². The third-order valence-corrected chi connectivity index (χ3v) is 6.63. The number of ether oxygens (including phenoxy) is 1.